The number of anilines is 1. The summed E-state index contributed by atoms with van der Waals surface area (Å²) in [4.78, 5) is 24.4. The molecule has 0 bridgehead atoms. The fourth-order valence-corrected chi connectivity index (χ4v) is 3.03. The molecule has 1 amide bonds. The number of rotatable bonds is 1. The van der Waals surface area contributed by atoms with Gasteiger partial charge in [0.25, 0.3) is 5.91 Å². The molecular formula is C11H14N4OS. The van der Waals surface area contributed by atoms with Crippen molar-refractivity contribution in [2.75, 3.05) is 36.5 Å². The molecule has 6 heteroatoms. The molecule has 1 aromatic rings. The van der Waals surface area contributed by atoms with Gasteiger partial charge in [0, 0.05) is 37.8 Å². The molecule has 0 N–H and O–H groups in total. The van der Waals surface area contributed by atoms with Crippen molar-refractivity contribution in [2.45, 2.75) is 6.54 Å². The van der Waals surface area contributed by atoms with Crippen LogP contribution < -0.4 is 4.90 Å². The van der Waals surface area contributed by atoms with Crippen LogP contribution in [0.5, 0.6) is 0 Å². The van der Waals surface area contributed by atoms with Gasteiger partial charge < -0.3 is 9.80 Å². The molecule has 90 valence electrons. The topological polar surface area (TPSA) is 49.3 Å². The fraction of sp³-hybridized carbons (Fsp3) is 0.545. The molecule has 0 aromatic carbocycles. The summed E-state index contributed by atoms with van der Waals surface area (Å²) in [6, 6.07) is 0. The van der Waals surface area contributed by atoms with Crippen LogP contribution in [0, 0.1) is 0 Å². The lowest BCUT2D eigenvalue weighted by atomic mass is 10.3. The van der Waals surface area contributed by atoms with Gasteiger partial charge in [-0.05, 0) is 0 Å². The van der Waals surface area contributed by atoms with Crippen molar-refractivity contribution in [2.24, 2.45) is 0 Å². The zero-order valence-corrected chi connectivity index (χ0v) is 10.5. The fourth-order valence-electron chi connectivity index (χ4n) is 2.12. The highest BCUT2D eigenvalue weighted by Gasteiger charge is 2.27. The van der Waals surface area contributed by atoms with E-state index in [1.165, 1.54) is 0 Å². The Labute approximate surface area is 104 Å². The zero-order valence-electron chi connectivity index (χ0n) is 9.72. The summed E-state index contributed by atoms with van der Waals surface area (Å²) in [5.74, 6) is 3.05. The molecule has 1 saturated heterocycles. The summed E-state index contributed by atoms with van der Waals surface area (Å²) in [6.45, 7) is 2.59. The molecule has 2 aliphatic rings. The van der Waals surface area contributed by atoms with Crippen molar-refractivity contribution in [3.05, 3.63) is 17.5 Å². The Morgan fingerprint density at radius 2 is 2.12 bits per heavy atom. The monoisotopic (exact) mass is 250 g/mol. The summed E-state index contributed by atoms with van der Waals surface area (Å²) in [7, 11) is 1.79. The lowest BCUT2D eigenvalue weighted by Crippen LogP contribution is -2.34. The molecule has 0 unspecified atom stereocenters. The van der Waals surface area contributed by atoms with Crippen molar-refractivity contribution in [1.29, 1.82) is 0 Å². The summed E-state index contributed by atoms with van der Waals surface area (Å²) in [5, 5.41) is 0. The molecule has 0 saturated carbocycles. The van der Waals surface area contributed by atoms with Crippen molar-refractivity contribution >= 4 is 23.6 Å². The summed E-state index contributed by atoms with van der Waals surface area (Å²) in [5.41, 5.74) is 1.52. The molecule has 2 aliphatic heterocycles. The van der Waals surface area contributed by atoms with Crippen molar-refractivity contribution < 1.29 is 4.79 Å². The van der Waals surface area contributed by atoms with Crippen LogP contribution in [0.2, 0.25) is 0 Å². The van der Waals surface area contributed by atoms with Crippen molar-refractivity contribution in [1.82, 2.24) is 14.9 Å². The van der Waals surface area contributed by atoms with E-state index in [2.05, 4.69) is 14.9 Å². The van der Waals surface area contributed by atoms with Gasteiger partial charge in [-0.25, -0.2) is 9.97 Å². The van der Waals surface area contributed by atoms with Crippen molar-refractivity contribution in [3.63, 3.8) is 0 Å². The van der Waals surface area contributed by atoms with Gasteiger partial charge in [0.2, 0.25) is 5.95 Å². The van der Waals surface area contributed by atoms with Gasteiger partial charge in [-0.1, -0.05) is 0 Å². The number of carbonyl (C=O) groups is 1. The average molecular weight is 250 g/mol. The van der Waals surface area contributed by atoms with E-state index >= 15 is 0 Å². The van der Waals surface area contributed by atoms with Crippen LogP contribution in [0.3, 0.4) is 0 Å². The lowest BCUT2D eigenvalue weighted by molar-refractivity contribution is 0.0816. The molecule has 5 nitrogen and oxygen atoms in total. The number of aromatic nitrogens is 2. The van der Waals surface area contributed by atoms with E-state index in [1.807, 2.05) is 11.8 Å². The van der Waals surface area contributed by atoms with Crippen LogP contribution in [0.4, 0.5) is 5.95 Å². The number of amides is 1. The van der Waals surface area contributed by atoms with E-state index in [-0.39, 0.29) is 5.91 Å². The molecular weight excluding hydrogens is 236 g/mol. The van der Waals surface area contributed by atoms with Crippen LogP contribution in [-0.2, 0) is 6.54 Å². The molecule has 1 aromatic heterocycles. The van der Waals surface area contributed by atoms with E-state index in [0.29, 0.717) is 12.1 Å². The number of thioether (sulfide) groups is 1. The van der Waals surface area contributed by atoms with Gasteiger partial charge in [-0.3, -0.25) is 4.79 Å². The molecule has 0 atom stereocenters. The Kier molecular flexibility index (Phi) is 2.66. The third-order valence-electron chi connectivity index (χ3n) is 3.11. The predicted octanol–water partition coefficient (Wildman–Crippen LogP) is 0.615. The molecule has 3 rings (SSSR count). The SMILES string of the molecule is CN1Cc2nc(N3CCSCC3)ncc2C1=O. The maximum atomic E-state index is 11.7. The first-order valence-electron chi connectivity index (χ1n) is 5.70. The first-order chi connectivity index (χ1) is 8.25. The highest BCUT2D eigenvalue weighted by atomic mass is 32.2. The minimum Gasteiger partial charge on any atom is -0.339 e. The van der Waals surface area contributed by atoms with Gasteiger partial charge in [0.15, 0.2) is 0 Å². The predicted molar refractivity (Wildman–Crippen MR) is 67.4 cm³/mol. The average Bonchev–Trinajstić information content (AvgIpc) is 2.66. The van der Waals surface area contributed by atoms with E-state index in [0.717, 1.165) is 36.2 Å². The normalized spacial score (nSPS) is 19.7. The van der Waals surface area contributed by atoms with Gasteiger partial charge in [0.1, 0.15) is 0 Å². The standard InChI is InChI=1S/C11H14N4OS/c1-14-7-9-8(10(14)16)6-12-11(13-9)15-2-4-17-5-3-15/h6H,2-5,7H2,1H3. The zero-order chi connectivity index (χ0) is 11.8. The molecule has 0 radical (unpaired) electrons. The minimum atomic E-state index is 0.0285. The number of hydrogen-bond acceptors (Lipinski definition) is 5. The summed E-state index contributed by atoms with van der Waals surface area (Å²) < 4.78 is 0. The Hall–Kier alpha value is -1.30. The van der Waals surface area contributed by atoms with Crippen LogP contribution in [0.25, 0.3) is 0 Å². The second kappa shape index (κ2) is 4.18. The molecule has 0 spiro atoms. The Morgan fingerprint density at radius 3 is 2.88 bits per heavy atom. The number of nitrogens with zero attached hydrogens (tertiary/aromatic N) is 4. The highest BCUT2D eigenvalue weighted by Crippen LogP contribution is 2.22. The maximum Gasteiger partial charge on any atom is 0.257 e. The maximum absolute atomic E-state index is 11.7. The molecule has 3 heterocycles. The van der Waals surface area contributed by atoms with Gasteiger partial charge in [-0.2, -0.15) is 11.8 Å². The largest absolute Gasteiger partial charge is 0.339 e. The summed E-state index contributed by atoms with van der Waals surface area (Å²) in [6.07, 6.45) is 1.67. The van der Waals surface area contributed by atoms with E-state index in [1.54, 1.807) is 18.1 Å². The Bertz CT molecular complexity index is 459. The third kappa shape index (κ3) is 1.86. The smallest absolute Gasteiger partial charge is 0.257 e. The van der Waals surface area contributed by atoms with E-state index in [9.17, 15) is 4.79 Å². The van der Waals surface area contributed by atoms with Gasteiger partial charge >= 0.3 is 0 Å². The third-order valence-corrected chi connectivity index (χ3v) is 4.06. The van der Waals surface area contributed by atoms with Crippen LogP contribution in [0.15, 0.2) is 6.20 Å². The molecule has 1 fully saturated rings. The Balaban J connectivity index is 1.89. The minimum absolute atomic E-state index is 0.0285. The van der Waals surface area contributed by atoms with E-state index in [4.69, 9.17) is 0 Å². The molecule has 0 aliphatic carbocycles. The van der Waals surface area contributed by atoms with Crippen LogP contribution in [0.1, 0.15) is 16.1 Å². The van der Waals surface area contributed by atoms with Gasteiger partial charge in [0.05, 0.1) is 17.8 Å². The van der Waals surface area contributed by atoms with E-state index < -0.39 is 0 Å². The highest BCUT2D eigenvalue weighted by molar-refractivity contribution is 7.99. The molecule has 17 heavy (non-hydrogen) atoms. The van der Waals surface area contributed by atoms with Crippen molar-refractivity contribution in [3.8, 4) is 0 Å². The number of carbonyl (C=O) groups excluding carboxylic acids is 1. The van der Waals surface area contributed by atoms with Crippen LogP contribution in [-0.4, -0.2) is 52.4 Å². The number of hydrogen-bond donors (Lipinski definition) is 0. The lowest BCUT2D eigenvalue weighted by Gasteiger charge is -2.26. The van der Waals surface area contributed by atoms with Gasteiger partial charge in [-0.15, -0.1) is 0 Å². The second-order valence-electron chi connectivity index (χ2n) is 4.29. The first-order valence-corrected chi connectivity index (χ1v) is 6.85. The Morgan fingerprint density at radius 1 is 1.35 bits per heavy atom. The first kappa shape index (κ1) is 10.8. The quantitative estimate of drug-likeness (QED) is 0.731. The second-order valence-corrected chi connectivity index (χ2v) is 5.52. The van der Waals surface area contributed by atoms with Crippen LogP contribution >= 0.6 is 11.8 Å². The number of fused-ring (bicyclic) bond motifs is 1. The summed E-state index contributed by atoms with van der Waals surface area (Å²) >= 11 is 1.96.